The van der Waals surface area contributed by atoms with Crippen LogP contribution >= 0.6 is 0 Å². The highest BCUT2D eigenvalue weighted by Crippen LogP contribution is 2.25. The zero-order chi connectivity index (χ0) is 15.5. The number of hydrogen-bond donors (Lipinski definition) is 1. The Morgan fingerprint density at radius 2 is 2.09 bits per heavy atom. The van der Waals surface area contributed by atoms with E-state index in [4.69, 9.17) is 0 Å². The second kappa shape index (κ2) is 6.27. The molecule has 1 aromatic carbocycles. The maximum atomic E-state index is 10.8. The number of nitro groups is 1. The smallest absolute Gasteiger partial charge is 0.270 e. The molecule has 0 saturated carbocycles. The number of anilines is 1. The maximum Gasteiger partial charge on any atom is 0.270 e. The predicted octanol–water partition coefficient (Wildman–Crippen LogP) is 2.58. The topological polar surface area (TPSA) is 71.3 Å². The summed E-state index contributed by atoms with van der Waals surface area (Å²) in [6.45, 7) is 3.10. The molecule has 0 atom stereocenters. The molecule has 3 rings (SSSR count). The van der Waals surface area contributed by atoms with E-state index in [0.717, 1.165) is 42.3 Å². The molecule has 0 unspecified atom stereocenters. The van der Waals surface area contributed by atoms with Crippen molar-refractivity contribution < 1.29 is 4.92 Å². The molecule has 6 nitrogen and oxygen atoms in total. The van der Waals surface area contributed by atoms with Crippen LogP contribution in [-0.4, -0.2) is 36.6 Å². The Hall–Kier alpha value is -2.21. The van der Waals surface area contributed by atoms with Crippen molar-refractivity contribution in [3.05, 3.63) is 40.4 Å². The maximum absolute atomic E-state index is 10.8. The second-order valence-corrected chi connectivity index (χ2v) is 5.79. The number of nitrogens with one attached hydrogen (secondary N) is 1. The van der Waals surface area contributed by atoms with E-state index in [1.165, 1.54) is 18.9 Å². The lowest BCUT2D eigenvalue weighted by atomic mass is 9.97. The number of rotatable bonds is 4. The summed E-state index contributed by atoms with van der Waals surface area (Å²) in [4.78, 5) is 17.4. The van der Waals surface area contributed by atoms with Crippen molar-refractivity contribution in [1.29, 1.82) is 0 Å². The van der Waals surface area contributed by atoms with Crippen LogP contribution in [0.1, 0.15) is 12.8 Å². The molecule has 1 fully saturated rings. The summed E-state index contributed by atoms with van der Waals surface area (Å²) in [7, 11) is 2.00. The molecule has 1 saturated heterocycles. The average Bonchev–Trinajstić information content (AvgIpc) is 2.55. The first-order valence-corrected chi connectivity index (χ1v) is 7.62. The predicted molar refractivity (Wildman–Crippen MR) is 87.3 cm³/mol. The van der Waals surface area contributed by atoms with E-state index < -0.39 is 0 Å². The van der Waals surface area contributed by atoms with Gasteiger partial charge in [-0.15, -0.1) is 0 Å². The molecule has 6 heteroatoms. The first-order valence-electron chi connectivity index (χ1n) is 7.62. The molecule has 1 aromatic heterocycles. The second-order valence-electron chi connectivity index (χ2n) is 5.79. The van der Waals surface area contributed by atoms with E-state index in [2.05, 4.69) is 15.2 Å². The summed E-state index contributed by atoms with van der Waals surface area (Å²) < 4.78 is 0. The Kier molecular flexibility index (Phi) is 4.20. The molecule has 1 aliphatic heterocycles. The van der Waals surface area contributed by atoms with E-state index in [0.29, 0.717) is 0 Å². The summed E-state index contributed by atoms with van der Waals surface area (Å²) >= 11 is 0. The molecule has 22 heavy (non-hydrogen) atoms. The van der Waals surface area contributed by atoms with Gasteiger partial charge in [0.1, 0.15) is 5.82 Å². The third-order valence-electron chi connectivity index (χ3n) is 4.30. The van der Waals surface area contributed by atoms with E-state index in [9.17, 15) is 10.1 Å². The van der Waals surface area contributed by atoms with Crippen LogP contribution in [-0.2, 0) is 0 Å². The highest BCUT2D eigenvalue weighted by atomic mass is 16.6. The molecule has 0 radical (unpaired) electrons. The summed E-state index contributed by atoms with van der Waals surface area (Å²) in [5.74, 6) is 1.70. The van der Waals surface area contributed by atoms with Gasteiger partial charge >= 0.3 is 0 Å². The number of benzene rings is 1. The zero-order valence-electron chi connectivity index (χ0n) is 12.7. The van der Waals surface area contributed by atoms with Crippen molar-refractivity contribution in [3.63, 3.8) is 0 Å². The Labute approximate surface area is 129 Å². The molecule has 2 aromatic rings. The van der Waals surface area contributed by atoms with Crippen molar-refractivity contribution in [1.82, 2.24) is 10.3 Å². The lowest BCUT2D eigenvalue weighted by Gasteiger charge is -2.32. The van der Waals surface area contributed by atoms with Gasteiger partial charge in [0.05, 0.1) is 10.4 Å². The molecule has 116 valence electrons. The minimum Gasteiger partial charge on any atom is -0.357 e. The normalized spacial score (nSPS) is 16.1. The SMILES string of the molecule is CNCC1CCN(c2ccc3cc([N+](=O)[O-])ccc3n2)CC1. The first kappa shape index (κ1) is 14.7. The van der Waals surface area contributed by atoms with Gasteiger partial charge in [-0.05, 0) is 50.6 Å². The number of piperidine rings is 1. The minimum absolute atomic E-state index is 0.106. The Morgan fingerprint density at radius 3 is 2.77 bits per heavy atom. The molecule has 0 aliphatic carbocycles. The monoisotopic (exact) mass is 300 g/mol. The van der Waals surface area contributed by atoms with E-state index in [1.807, 2.05) is 19.2 Å². The van der Waals surface area contributed by atoms with E-state index >= 15 is 0 Å². The van der Waals surface area contributed by atoms with Crippen molar-refractivity contribution >= 4 is 22.4 Å². The molecular weight excluding hydrogens is 280 g/mol. The van der Waals surface area contributed by atoms with Gasteiger partial charge in [0.15, 0.2) is 0 Å². The fourth-order valence-corrected chi connectivity index (χ4v) is 3.05. The number of nitro benzene ring substituents is 1. The lowest BCUT2D eigenvalue weighted by molar-refractivity contribution is -0.384. The molecular formula is C16H20N4O2. The largest absolute Gasteiger partial charge is 0.357 e. The summed E-state index contributed by atoms with van der Waals surface area (Å²) in [6.07, 6.45) is 2.33. The van der Waals surface area contributed by atoms with Crippen LogP contribution < -0.4 is 10.2 Å². The summed E-state index contributed by atoms with van der Waals surface area (Å²) in [6, 6.07) is 8.70. The molecule has 1 aliphatic rings. The van der Waals surface area contributed by atoms with Crippen molar-refractivity contribution in [2.24, 2.45) is 5.92 Å². The van der Waals surface area contributed by atoms with Crippen LogP contribution in [0.3, 0.4) is 0 Å². The average molecular weight is 300 g/mol. The van der Waals surface area contributed by atoms with Gasteiger partial charge in [-0.1, -0.05) is 0 Å². The van der Waals surface area contributed by atoms with E-state index in [-0.39, 0.29) is 10.6 Å². The van der Waals surface area contributed by atoms with Crippen LogP contribution in [0.2, 0.25) is 0 Å². The molecule has 0 amide bonds. The fourth-order valence-electron chi connectivity index (χ4n) is 3.05. The number of nitrogens with zero attached hydrogens (tertiary/aromatic N) is 3. The molecule has 0 bridgehead atoms. The van der Waals surface area contributed by atoms with E-state index in [1.54, 1.807) is 12.1 Å². The van der Waals surface area contributed by atoms with Gasteiger partial charge in [0.2, 0.25) is 0 Å². The van der Waals surface area contributed by atoms with Crippen molar-refractivity contribution in [3.8, 4) is 0 Å². The summed E-state index contributed by atoms with van der Waals surface area (Å²) in [5.41, 5.74) is 0.912. The highest BCUT2D eigenvalue weighted by Gasteiger charge is 2.19. The van der Waals surface area contributed by atoms with Crippen LogP contribution in [0.5, 0.6) is 0 Å². The minimum atomic E-state index is -0.375. The fraction of sp³-hybridized carbons (Fsp3) is 0.438. The highest BCUT2D eigenvalue weighted by molar-refractivity contribution is 5.82. The third kappa shape index (κ3) is 3.01. The Bertz CT molecular complexity index is 681. The van der Waals surface area contributed by atoms with Gasteiger partial charge in [-0.2, -0.15) is 0 Å². The number of aromatic nitrogens is 1. The lowest BCUT2D eigenvalue weighted by Crippen LogP contribution is -2.37. The number of hydrogen-bond acceptors (Lipinski definition) is 5. The standard InChI is InChI=1S/C16H20N4O2/c1-17-11-12-6-8-19(9-7-12)16-5-2-13-10-14(20(21)22)3-4-15(13)18-16/h2-5,10,12,17H,6-9,11H2,1H3. The molecule has 1 N–H and O–H groups in total. The zero-order valence-corrected chi connectivity index (χ0v) is 12.7. The molecule has 2 heterocycles. The van der Waals surface area contributed by atoms with Crippen molar-refractivity contribution in [2.75, 3.05) is 31.6 Å². The van der Waals surface area contributed by atoms with Crippen LogP contribution in [0.15, 0.2) is 30.3 Å². The Balaban J connectivity index is 1.78. The number of fused-ring (bicyclic) bond motifs is 1. The van der Waals surface area contributed by atoms with Crippen LogP contribution in [0.4, 0.5) is 11.5 Å². The van der Waals surface area contributed by atoms with Gasteiger partial charge in [-0.25, -0.2) is 4.98 Å². The number of pyridine rings is 1. The van der Waals surface area contributed by atoms with Gasteiger partial charge in [0, 0.05) is 30.6 Å². The quantitative estimate of drug-likeness (QED) is 0.694. The molecule has 0 spiro atoms. The Morgan fingerprint density at radius 1 is 1.32 bits per heavy atom. The van der Waals surface area contributed by atoms with Crippen LogP contribution in [0, 0.1) is 16.0 Å². The first-order chi connectivity index (χ1) is 10.7. The number of non-ortho nitro benzene ring substituents is 1. The van der Waals surface area contributed by atoms with Gasteiger partial charge in [0.25, 0.3) is 5.69 Å². The van der Waals surface area contributed by atoms with Gasteiger partial charge in [-0.3, -0.25) is 10.1 Å². The van der Waals surface area contributed by atoms with Crippen LogP contribution in [0.25, 0.3) is 10.9 Å². The van der Waals surface area contributed by atoms with Crippen molar-refractivity contribution in [2.45, 2.75) is 12.8 Å². The van der Waals surface area contributed by atoms with Gasteiger partial charge < -0.3 is 10.2 Å². The summed E-state index contributed by atoms with van der Waals surface area (Å²) in [5, 5.41) is 14.9. The third-order valence-corrected chi connectivity index (χ3v) is 4.30.